The largest absolute Gasteiger partial charge is 0.460 e. The van der Waals surface area contributed by atoms with E-state index in [0.29, 0.717) is 18.4 Å². The summed E-state index contributed by atoms with van der Waals surface area (Å²) in [5, 5.41) is 55.1. The Morgan fingerprint density at radius 2 is 1.64 bits per heavy atom. The fourth-order valence-corrected chi connectivity index (χ4v) is 7.82. The van der Waals surface area contributed by atoms with Gasteiger partial charge in [0.15, 0.2) is 12.1 Å². The third-order valence-electron chi connectivity index (χ3n) is 10.8. The summed E-state index contributed by atoms with van der Waals surface area (Å²) in [5.74, 6) is -3.09. The molecule has 2 aromatic carbocycles. The highest BCUT2D eigenvalue weighted by Gasteiger charge is 2.55. The number of aliphatic hydroxyl groups excluding tert-OH is 5. The molecule has 0 saturated carbocycles. The first-order chi connectivity index (χ1) is 29.1. The van der Waals surface area contributed by atoms with E-state index in [1.807, 2.05) is 24.3 Å². The zero-order chi connectivity index (χ0) is 43.9. The number of fused-ring (bicyclic) bond motifs is 2. The molecule has 7 N–H and O–H groups in total. The number of hydrogen-bond donors (Lipinski definition) is 7. The van der Waals surface area contributed by atoms with Crippen LogP contribution in [-0.2, 0) is 55.6 Å². The molecule has 2 fully saturated rings. The summed E-state index contributed by atoms with van der Waals surface area (Å²) in [5.41, 5.74) is 2.42. The second-order valence-corrected chi connectivity index (χ2v) is 16.6. The number of hydrogen-bond acceptors (Lipinski definition) is 15. The van der Waals surface area contributed by atoms with E-state index in [1.165, 1.54) is 0 Å². The van der Waals surface area contributed by atoms with Crippen LogP contribution in [0.4, 0.5) is 0 Å². The molecule has 2 aliphatic heterocycles. The SMILES string of the molecule is CC(C)(C)OC(=O)CCC(CO)NC(=O)CCNC(=O)C1=CC2OC3(Cc4ccccc4C3)OC2C(OC(=O)c2ccccc2C=CCOC2OC(CO)C(O)C(O)C2O)C1. The number of carbonyl (C=O) groups is 4. The van der Waals surface area contributed by atoms with Crippen LogP contribution in [0, 0.1) is 0 Å². The molecule has 4 aliphatic rings. The number of esters is 2. The van der Waals surface area contributed by atoms with Gasteiger partial charge in [-0.15, -0.1) is 0 Å². The van der Waals surface area contributed by atoms with Crippen molar-refractivity contribution < 1.29 is 73.1 Å². The third-order valence-corrected chi connectivity index (χ3v) is 10.8. The maximum Gasteiger partial charge on any atom is 0.339 e. The van der Waals surface area contributed by atoms with E-state index in [4.69, 9.17) is 28.4 Å². The molecule has 0 aromatic heterocycles. The van der Waals surface area contributed by atoms with Gasteiger partial charge in [-0.3, -0.25) is 14.4 Å². The van der Waals surface area contributed by atoms with Crippen LogP contribution in [0.3, 0.4) is 0 Å². The summed E-state index contributed by atoms with van der Waals surface area (Å²) >= 11 is 0. The molecule has 17 nitrogen and oxygen atoms in total. The van der Waals surface area contributed by atoms with Crippen molar-refractivity contribution in [3.63, 3.8) is 0 Å². The van der Waals surface area contributed by atoms with Crippen molar-refractivity contribution in [2.24, 2.45) is 0 Å². The van der Waals surface area contributed by atoms with Crippen molar-refractivity contribution in [1.29, 1.82) is 0 Å². The summed E-state index contributed by atoms with van der Waals surface area (Å²) in [7, 11) is 0. The lowest BCUT2D eigenvalue weighted by Gasteiger charge is -2.39. The first-order valence-electron chi connectivity index (χ1n) is 20.5. The average Bonchev–Trinajstić information content (AvgIpc) is 3.78. The number of benzene rings is 2. The number of amides is 2. The summed E-state index contributed by atoms with van der Waals surface area (Å²) in [6.45, 7) is 4.10. The Balaban J connectivity index is 1.09. The van der Waals surface area contributed by atoms with Gasteiger partial charge in [0.1, 0.15) is 48.3 Å². The van der Waals surface area contributed by atoms with Crippen molar-refractivity contribution >= 4 is 29.8 Å². The van der Waals surface area contributed by atoms with Crippen LogP contribution < -0.4 is 10.6 Å². The predicted molar refractivity (Wildman–Crippen MR) is 215 cm³/mol. The van der Waals surface area contributed by atoms with Crippen LogP contribution in [0.1, 0.15) is 73.5 Å². The van der Waals surface area contributed by atoms with E-state index in [2.05, 4.69) is 10.6 Å². The molecule has 6 rings (SSSR count). The highest BCUT2D eigenvalue weighted by Crippen LogP contribution is 2.45. The fraction of sp³-hybridized carbons (Fsp3) is 0.545. The summed E-state index contributed by atoms with van der Waals surface area (Å²) in [6.07, 6.45) is -3.76. The Morgan fingerprint density at radius 3 is 2.33 bits per heavy atom. The average molecular weight is 853 g/mol. The normalized spacial score (nSPS) is 27.2. The van der Waals surface area contributed by atoms with Gasteiger partial charge in [0.2, 0.25) is 11.8 Å². The second kappa shape index (κ2) is 20.1. The van der Waals surface area contributed by atoms with Crippen LogP contribution in [0.25, 0.3) is 6.08 Å². The van der Waals surface area contributed by atoms with Gasteiger partial charge in [-0.25, -0.2) is 4.79 Å². The van der Waals surface area contributed by atoms with Gasteiger partial charge < -0.3 is 64.6 Å². The van der Waals surface area contributed by atoms with Gasteiger partial charge in [-0.1, -0.05) is 54.6 Å². The van der Waals surface area contributed by atoms with E-state index in [9.17, 15) is 44.7 Å². The fourth-order valence-electron chi connectivity index (χ4n) is 7.82. The van der Waals surface area contributed by atoms with E-state index in [0.717, 1.165) is 11.1 Å². The predicted octanol–water partition coefficient (Wildman–Crippen LogP) is 0.756. The highest BCUT2D eigenvalue weighted by atomic mass is 16.8. The monoisotopic (exact) mass is 852 g/mol. The number of ether oxygens (including phenoxy) is 6. The summed E-state index contributed by atoms with van der Waals surface area (Å²) < 4.78 is 35.5. The zero-order valence-corrected chi connectivity index (χ0v) is 34.4. The molecule has 2 saturated heterocycles. The molecule has 9 unspecified atom stereocenters. The van der Waals surface area contributed by atoms with Crippen LogP contribution in [-0.4, -0.2) is 142 Å². The van der Waals surface area contributed by atoms with Crippen LogP contribution in [0.2, 0.25) is 0 Å². The maximum absolute atomic E-state index is 13.9. The minimum Gasteiger partial charge on any atom is -0.460 e. The first-order valence-corrected chi connectivity index (χ1v) is 20.5. The van der Waals surface area contributed by atoms with Crippen molar-refractivity contribution in [3.05, 3.63) is 88.5 Å². The van der Waals surface area contributed by atoms with E-state index in [1.54, 1.807) is 63.3 Å². The Labute approximate surface area is 353 Å². The first kappa shape index (κ1) is 46.0. The lowest BCUT2D eigenvalue weighted by molar-refractivity contribution is -0.298. The number of aliphatic hydroxyl groups is 5. The molecule has 2 aromatic rings. The van der Waals surface area contributed by atoms with E-state index in [-0.39, 0.29) is 56.6 Å². The number of carbonyl (C=O) groups excluding carboxylic acids is 4. The molecule has 17 heteroatoms. The standard InChI is InChI=1S/C44H56N2O15/c1-43(2,3)60-35(50)15-14-29(23-47)46-34(49)16-17-45-40(54)28-19-31(39-32(20-28)59-44(61-39)21-26-10-4-5-11-27(26)22-44)57-41(55)30-13-7-6-9-25(30)12-8-18-56-42-38(53)37(52)36(51)33(24-48)58-42/h4-13,20,29,31-33,36-39,42,47-48,51-53H,14-19,21-24H2,1-3H3,(H,45,54)(H,46,49). The van der Waals surface area contributed by atoms with Gasteiger partial charge in [-0.2, -0.15) is 0 Å². The van der Waals surface area contributed by atoms with E-state index < -0.39 is 96.8 Å². The maximum atomic E-state index is 13.9. The number of rotatable bonds is 16. The van der Waals surface area contributed by atoms with Gasteiger partial charge >= 0.3 is 11.9 Å². The third kappa shape index (κ3) is 11.7. The van der Waals surface area contributed by atoms with Gasteiger partial charge in [0, 0.05) is 44.2 Å². The Bertz CT molecular complexity index is 1920. The lowest BCUT2D eigenvalue weighted by Crippen LogP contribution is -2.59. The Kier molecular flexibility index (Phi) is 15.1. The summed E-state index contributed by atoms with van der Waals surface area (Å²) in [4.78, 5) is 52.4. The molecular formula is C44H56N2O15. The smallest absolute Gasteiger partial charge is 0.339 e. The van der Waals surface area contributed by atoms with Crippen molar-refractivity contribution in [1.82, 2.24) is 10.6 Å². The Morgan fingerprint density at radius 1 is 0.934 bits per heavy atom. The summed E-state index contributed by atoms with van der Waals surface area (Å²) in [6, 6.07) is 13.9. The molecule has 0 bridgehead atoms. The van der Waals surface area contributed by atoms with Crippen LogP contribution in [0.5, 0.6) is 0 Å². The van der Waals surface area contributed by atoms with Gasteiger partial charge in [-0.05, 0) is 56.0 Å². The van der Waals surface area contributed by atoms with Gasteiger partial charge in [0.05, 0.1) is 31.4 Å². The molecule has 1 spiro atoms. The molecule has 2 heterocycles. The highest BCUT2D eigenvalue weighted by molar-refractivity contribution is 5.95. The topological polar surface area (TPSA) is 249 Å². The number of nitrogens with one attached hydrogen (secondary N) is 2. The Hall–Kier alpha value is -4.56. The minimum absolute atomic E-state index is 0.00645. The van der Waals surface area contributed by atoms with Crippen molar-refractivity contribution in [2.75, 3.05) is 26.4 Å². The molecule has 2 amide bonds. The molecular weight excluding hydrogens is 796 g/mol. The van der Waals surface area contributed by atoms with Gasteiger partial charge in [0.25, 0.3) is 0 Å². The van der Waals surface area contributed by atoms with Crippen molar-refractivity contribution in [2.45, 2.75) is 126 Å². The van der Waals surface area contributed by atoms with Crippen LogP contribution in [0.15, 0.2) is 66.3 Å². The molecule has 61 heavy (non-hydrogen) atoms. The van der Waals surface area contributed by atoms with E-state index >= 15 is 0 Å². The molecule has 9 atom stereocenters. The molecule has 2 aliphatic carbocycles. The van der Waals surface area contributed by atoms with Crippen LogP contribution >= 0.6 is 0 Å². The molecule has 332 valence electrons. The molecule has 0 radical (unpaired) electrons. The lowest BCUT2D eigenvalue weighted by atomic mass is 9.91. The quantitative estimate of drug-likeness (QED) is 0.115. The minimum atomic E-state index is -1.59. The zero-order valence-electron chi connectivity index (χ0n) is 34.4. The van der Waals surface area contributed by atoms with Crippen molar-refractivity contribution in [3.8, 4) is 0 Å². The second-order valence-electron chi connectivity index (χ2n) is 16.6.